The highest BCUT2D eigenvalue weighted by molar-refractivity contribution is 4.83. The maximum atomic E-state index is 9.69. The predicted octanol–water partition coefficient (Wildman–Crippen LogP) is 0.415. The third-order valence-corrected chi connectivity index (χ3v) is 2.82. The van der Waals surface area contributed by atoms with Crippen molar-refractivity contribution in [2.75, 3.05) is 46.1 Å². The molecule has 1 saturated heterocycles. The molecule has 1 rings (SSSR count). The Labute approximate surface area is 110 Å². The lowest BCUT2D eigenvalue weighted by Gasteiger charge is -2.38. The van der Waals surface area contributed by atoms with Gasteiger partial charge in [-0.05, 0) is 13.8 Å². The Morgan fingerprint density at radius 1 is 1.33 bits per heavy atom. The first kappa shape index (κ1) is 15.9. The van der Waals surface area contributed by atoms with Crippen LogP contribution in [0, 0.1) is 5.41 Å². The quantitative estimate of drug-likeness (QED) is 0.558. The number of ether oxygens (including phenoxy) is 3. The number of rotatable bonds is 10. The van der Waals surface area contributed by atoms with Crippen LogP contribution in [0.4, 0.5) is 0 Å². The Balaban J connectivity index is 1.89. The molecule has 18 heavy (non-hydrogen) atoms. The van der Waals surface area contributed by atoms with Gasteiger partial charge in [-0.1, -0.05) is 6.92 Å². The van der Waals surface area contributed by atoms with Gasteiger partial charge in [-0.3, -0.25) is 0 Å². The fourth-order valence-electron chi connectivity index (χ4n) is 1.71. The molecule has 0 aromatic carbocycles. The largest absolute Gasteiger partial charge is 0.389 e. The molecule has 1 aliphatic heterocycles. The number of nitrogens with one attached hydrogen (secondary N) is 1. The average molecular weight is 261 g/mol. The zero-order chi connectivity index (χ0) is 13.4. The fraction of sp³-hybridized carbons (Fsp3) is 1.00. The minimum absolute atomic E-state index is 0.227. The summed E-state index contributed by atoms with van der Waals surface area (Å²) >= 11 is 0. The van der Waals surface area contributed by atoms with Crippen molar-refractivity contribution in [3.63, 3.8) is 0 Å². The van der Waals surface area contributed by atoms with E-state index in [4.69, 9.17) is 14.2 Å². The normalized spacial score (nSPS) is 19.8. The summed E-state index contributed by atoms with van der Waals surface area (Å²) in [4.78, 5) is 0. The van der Waals surface area contributed by atoms with Crippen LogP contribution < -0.4 is 5.32 Å². The average Bonchev–Trinajstić information content (AvgIpc) is 2.26. The van der Waals surface area contributed by atoms with Crippen LogP contribution in [0.1, 0.15) is 20.8 Å². The highest BCUT2D eigenvalue weighted by atomic mass is 16.5. The molecule has 1 atom stereocenters. The number of hydrogen-bond donors (Lipinski definition) is 2. The Bertz CT molecular complexity index is 219. The van der Waals surface area contributed by atoms with Crippen LogP contribution in [-0.4, -0.2) is 63.4 Å². The summed E-state index contributed by atoms with van der Waals surface area (Å²) in [5.41, 5.74) is 0.242. The second kappa shape index (κ2) is 8.07. The van der Waals surface area contributed by atoms with E-state index in [9.17, 15) is 5.11 Å². The molecular weight excluding hydrogens is 234 g/mol. The van der Waals surface area contributed by atoms with E-state index in [0.717, 1.165) is 19.8 Å². The molecule has 0 amide bonds. The monoisotopic (exact) mass is 261 g/mol. The van der Waals surface area contributed by atoms with E-state index in [1.165, 1.54) is 0 Å². The molecule has 2 N–H and O–H groups in total. The standard InChI is InChI=1S/C13H27NO4/c1-11(2)18-5-4-16-7-12(15)6-14-8-13(3)9-17-10-13/h11-12,14-15H,4-10H2,1-3H3. The molecule has 1 fully saturated rings. The van der Waals surface area contributed by atoms with Crippen molar-refractivity contribution in [1.29, 1.82) is 0 Å². The Hall–Kier alpha value is -0.200. The summed E-state index contributed by atoms with van der Waals surface area (Å²) in [5, 5.41) is 12.9. The Morgan fingerprint density at radius 2 is 2.06 bits per heavy atom. The molecular formula is C13H27NO4. The zero-order valence-corrected chi connectivity index (χ0v) is 11.8. The Morgan fingerprint density at radius 3 is 2.61 bits per heavy atom. The van der Waals surface area contributed by atoms with Crippen LogP contribution >= 0.6 is 0 Å². The number of aliphatic hydroxyl groups is 1. The lowest BCUT2D eigenvalue weighted by Crippen LogP contribution is -2.48. The second-order valence-corrected chi connectivity index (χ2v) is 5.58. The van der Waals surface area contributed by atoms with Crippen molar-refractivity contribution in [3.8, 4) is 0 Å². The smallest absolute Gasteiger partial charge is 0.0897 e. The van der Waals surface area contributed by atoms with Gasteiger partial charge in [0.2, 0.25) is 0 Å². The third-order valence-electron chi connectivity index (χ3n) is 2.82. The van der Waals surface area contributed by atoms with Gasteiger partial charge in [0.15, 0.2) is 0 Å². The molecule has 0 bridgehead atoms. The maximum Gasteiger partial charge on any atom is 0.0897 e. The van der Waals surface area contributed by atoms with E-state index >= 15 is 0 Å². The summed E-state index contributed by atoms with van der Waals surface area (Å²) < 4.78 is 15.8. The molecule has 0 aliphatic carbocycles. The zero-order valence-electron chi connectivity index (χ0n) is 11.8. The lowest BCUT2D eigenvalue weighted by atomic mass is 9.89. The van der Waals surface area contributed by atoms with Crippen LogP contribution in [0.5, 0.6) is 0 Å². The highest BCUT2D eigenvalue weighted by Gasteiger charge is 2.32. The fourth-order valence-corrected chi connectivity index (χ4v) is 1.71. The summed E-state index contributed by atoms with van der Waals surface area (Å²) in [6.45, 7) is 10.7. The van der Waals surface area contributed by atoms with Gasteiger partial charge in [0.25, 0.3) is 0 Å². The number of aliphatic hydroxyl groups excluding tert-OH is 1. The van der Waals surface area contributed by atoms with Crippen molar-refractivity contribution in [2.45, 2.75) is 33.0 Å². The van der Waals surface area contributed by atoms with Crippen molar-refractivity contribution in [1.82, 2.24) is 5.32 Å². The van der Waals surface area contributed by atoms with Crippen molar-refractivity contribution in [3.05, 3.63) is 0 Å². The molecule has 0 spiro atoms. The van der Waals surface area contributed by atoms with E-state index < -0.39 is 6.10 Å². The first-order valence-electron chi connectivity index (χ1n) is 6.68. The maximum absolute atomic E-state index is 9.69. The SMILES string of the molecule is CC(C)OCCOCC(O)CNCC1(C)COC1. The minimum Gasteiger partial charge on any atom is -0.389 e. The van der Waals surface area contributed by atoms with Crippen LogP contribution in [0.3, 0.4) is 0 Å². The van der Waals surface area contributed by atoms with Gasteiger partial charge in [-0.2, -0.15) is 0 Å². The van der Waals surface area contributed by atoms with Crippen LogP contribution in [0.15, 0.2) is 0 Å². The Kier molecular flexibility index (Phi) is 7.11. The first-order chi connectivity index (χ1) is 8.52. The molecule has 1 unspecified atom stereocenters. The molecule has 0 radical (unpaired) electrons. The first-order valence-corrected chi connectivity index (χ1v) is 6.68. The van der Waals surface area contributed by atoms with E-state index in [-0.39, 0.29) is 11.5 Å². The summed E-state index contributed by atoms with van der Waals surface area (Å²) in [7, 11) is 0. The van der Waals surface area contributed by atoms with Gasteiger partial charge < -0.3 is 24.6 Å². The second-order valence-electron chi connectivity index (χ2n) is 5.58. The molecule has 1 aliphatic rings. The molecule has 0 aromatic heterocycles. The van der Waals surface area contributed by atoms with Crippen LogP contribution in [0.2, 0.25) is 0 Å². The van der Waals surface area contributed by atoms with Crippen LogP contribution in [-0.2, 0) is 14.2 Å². The van der Waals surface area contributed by atoms with Crippen molar-refractivity contribution in [2.24, 2.45) is 5.41 Å². The van der Waals surface area contributed by atoms with Gasteiger partial charge in [0, 0.05) is 18.5 Å². The topological polar surface area (TPSA) is 60.0 Å². The predicted molar refractivity (Wildman–Crippen MR) is 69.7 cm³/mol. The van der Waals surface area contributed by atoms with Gasteiger partial charge in [0.05, 0.1) is 45.2 Å². The summed E-state index contributed by atoms with van der Waals surface area (Å²) in [5.74, 6) is 0. The third kappa shape index (κ3) is 6.66. The molecule has 0 saturated carbocycles. The van der Waals surface area contributed by atoms with Crippen molar-refractivity contribution < 1.29 is 19.3 Å². The van der Waals surface area contributed by atoms with E-state index in [1.54, 1.807) is 0 Å². The lowest BCUT2D eigenvalue weighted by molar-refractivity contribution is -0.100. The van der Waals surface area contributed by atoms with Crippen molar-refractivity contribution >= 4 is 0 Å². The molecule has 1 heterocycles. The summed E-state index contributed by atoms with van der Waals surface area (Å²) in [6.07, 6.45) is -0.237. The van der Waals surface area contributed by atoms with Gasteiger partial charge in [-0.15, -0.1) is 0 Å². The van der Waals surface area contributed by atoms with Crippen LogP contribution in [0.25, 0.3) is 0 Å². The summed E-state index contributed by atoms with van der Waals surface area (Å²) in [6, 6.07) is 0. The van der Waals surface area contributed by atoms with Gasteiger partial charge in [-0.25, -0.2) is 0 Å². The minimum atomic E-state index is -0.464. The molecule has 5 nitrogen and oxygen atoms in total. The number of hydrogen-bond acceptors (Lipinski definition) is 5. The van der Waals surface area contributed by atoms with Gasteiger partial charge in [0.1, 0.15) is 0 Å². The van der Waals surface area contributed by atoms with E-state index in [0.29, 0.717) is 26.4 Å². The van der Waals surface area contributed by atoms with E-state index in [1.807, 2.05) is 13.8 Å². The molecule has 108 valence electrons. The van der Waals surface area contributed by atoms with E-state index in [2.05, 4.69) is 12.2 Å². The molecule has 0 aromatic rings. The van der Waals surface area contributed by atoms with Gasteiger partial charge >= 0.3 is 0 Å². The molecule has 5 heteroatoms. The highest BCUT2D eigenvalue weighted by Crippen LogP contribution is 2.24.